The number of nitrogens with one attached hydrogen (secondary N) is 1. The predicted molar refractivity (Wildman–Crippen MR) is 43.1 cm³/mol. The third-order valence-corrected chi connectivity index (χ3v) is 1.68. The van der Waals surface area contributed by atoms with Crippen molar-refractivity contribution < 1.29 is 9.59 Å². The average molecular weight is 157 g/mol. The molecule has 1 atom stereocenters. The normalized spacial score (nSPS) is 12.8. The van der Waals surface area contributed by atoms with E-state index in [4.69, 9.17) is 0 Å². The molecule has 0 spiro atoms. The number of ketones is 1. The quantitative estimate of drug-likeness (QED) is 0.614. The molecule has 0 saturated carbocycles. The number of amides is 1. The molecular formula is C8H15NO2. The minimum Gasteiger partial charge on any atom is -0.347 e. The zero-order chi connectivity index (χ0) is 9.02. The monoisotopic (exact) mass is 157 g/mol. The third kappa shape index (κ3) is 3.75. The molecule has 1 unspecified atom stereocenters. The highest BCUT2D eigenvalue weighted by Crippen LogP contribution is 1.98. The SMILES string of the molecule is CC(=O)C(=O)NC(C)C(C)C. The first-order valence-electron chi connectivity index (χ1n) is 3.76. The van der Waals surface area contributed by atoms with E-state index in [2.05, 4.69) is 5.32 Å². The predicted octanol–water partition coefficient (Wildman–Crippen LogP) is 0.736. The van der Waals surface area contributed by atoms with Gasteiger partial charge in [-0.1, -0.05) is 13.8 Å². The number of Topliss-reactive ketones (excluding diaryl/α,β-unsaturated/α-hetero) is 1. The van der Waals surface area contributed by atoms with Gasteiger partial charge in [0, 0.05) is 13.0 Å². The number of carbonyl (C=O) groups is 2. The highest BCUT2D eigenvalue weighted by atomic mass is 16.2. The molecule has 0 aliphatic rings. The molecule has 0 aliphatic heterocycles. The fraction of sp³-hybridized carbons (Fsp3) is 0.750. The molecule has 0 aromatic rings. The van der Waals surface area contributed by atoms with Crippen LogP contribution in [0.15, 0.2) is 0 Å². The summed E-state index contributed by atoms with van der Waals surface area (Å²) >= 11 is 0. The minimum atomic E-state index is -0.494. The smallest absolute Gasteiger partial charge is 0.287 e. The van der Waals surface area contributed by atoms with Crippen LogP contribution in [0.1, 0.15) is 27.7 Å². The molecular weight excluding hydrogens is 142 g/mol. The van der Waals surface area contributed by atoms with Crippen molar-refractivity contribution in [3.8, 4) is 0 Å². The molecule has 1 N–H and O–H groups in total. The maximum atomic E-state index is 10.8. The van der Waals surface area contributed by atoms with Gasteiger partial charge in [-0.2, -0.15) is 0 Å². The lowest BCUT2D eigenvalue weighted by Crippen LogP contribution is -2.39. The molecule has 0 heterocycles. The molecule has 0 fully saturated rings. The van der Waals surface area contributed by atoms with Gasteiger partial charge >= 0.3 is 0 Å². The molecule has 1 amide bonds. The minimum absolute atomic E-state index is 0.0615. The van der Waals surface area contributed by atoms with Gasteiger partial charge in [-0.3, -0.25) is 9.59 Å². The summed E-state index contributed by atoms with van der Waals surface area (Å²) in [6.07, 6.45) is 0. The van der Waals surface area contributed by atoms with Crippen LogP contribution >= 0.6 is 0 Å². The maximum Gasteiger partial charge on any atom is 0.287 e. The van der Waals surface area contributed by atoms with Crippen LogP contribution in [0.25, 0.3) is 0 Å². The van der Waals surface area contributed by atoms with Gasteiger partial charge in [0.05, 0.1) is 0 Å². The lowest BCUT2D eigenvalue weighted by molar-refractivity contribution is -0.137. The molecule has 0 rings (SSSR count). The van der Waals surface area contributed by atoms with E-state index in [1.54, 1.807) is 0 Å². The van der Waals surface area contributed by atoms with Gasteiger partial charge in [-0.25, -0.2) is 0 Å². The molecule has 0 aromatic heterocycles. The number of hydrogen-bond acceptors (Lipinski definition) is 2. The van der Waals surface area contributed by atoms with E-state index in [1.165, 1.54) is 6.92 Å². The number of hydrogen-bond donors (Lipinski definition) is 1. The lowest BCUT2D eigenvalue weighted by Gasteiger charge is -2.15. The van der Waals surface area contributed by atoms with Crippen LogP contribution < -0.4 is 5.32 Å². The van der Waals surface area contributed by atoms with Crippen LogP contribution in [0.2, 0.25) is 0 Å². The Hall–Kier alpha value is -0.860. The first kappa shape index (κ1) is 10.1. The Morgan fingerprint density at radius 1 is 1.18 bits per heavy atom. The Balaban J connectivity index is 3.85. The van der Waals surface area contributed by atoms with Gasteiger partial charge in [0.15, 0.2) is 0 Å². The molecule has 0 aromatic carbocycles. The summed E-state index contributed by atoms with van der Waals surface area (Å²) in [4.78, 5) is 21.3. The van der Waals surface area contributed by atoms with Crippen molar-refractivity contribution >= 4 is 11.7 Å². The van der Waals surface area contributed by atoms with Gasteiger partial charge < -0.3 is 5.32 Å². The molecule has 0 radical (unpaired) electrons. The number of rotatable bonds is 3. The van der Waals surface area contributed by atoms with Crippen LogP contribution in [0.4, 0.5) is 0 Å². The fourth-order valence-corrected chi connectivity index (χ4v) is 0.475. The van der Waals surface area contributed by atoms with E-state index in [0.717, 1.165) is 0 Å². The molecule has 0 bridgehead atoms. The topological polar surface area (TPSA) is 46.2 Å². The van der Waals surface area contributed by atoms with Crippen molar-refractivity contribution in [1.82, 2.24) is 5.32 Å². The van der Waals surface area contributed by atoms with Crippen LogP contribution in [-0.2, 0) is 9.59 Å². The summed E-state index contributed by atoms with van der Waals surface area (Å²) in [6, 6.07) is 0.0615. The summed E-state index contributed by atoms with van der Waals surface area (Å²) in [5.74, 6) is -0.568. The van der Waals surface area contributed by atoms with Gasteiger partial charge in [0.1, 0.15) is 0 Å². The lowest BCUT2D eigenvalue weighted by atomic mass is 10.1. The Morgan fingerprint density at radius 2 is 1.64 bits per heavy atom. The van der Waals surface area contributed by atoms with E-state index >= 15 is 0 Å². The van der Waals surface area contributed by atoms with E-state index in [-0.39, 0.29) is 6.04 Å². The summed E-state index contributed by atoms with van der Waals surface area (Å²) in [5.41, 5.74) is 0. The largest absolute Gasteiger partial charge is 0.347 e. The number of carbonyl (C=O) groups excluding carboxylic acids is 2. The van der Waals surface area contributed by atoms with Crippen molar-refractivity contribution in [2.75, 3.05) is 0 Å². The van der Waals surface area contributed by atoms with Crippen LogP contribution in [-0.4, -0.2) is 17.7 Å². The average Bonchev–Trinajstić information content (AvgIpc) is 1.87. The Morgan fingerprint density at radius 3 is 1.91 bits per heavy atom. The Kier molecular flexibility index (Phi) is 3.79. The second-order valence-corrected chi connectivity index (χ2v) is 3.06. The van der Waals surface area contributed by atoms with Crippen molar-refractivity contribution in [2.24, 2.45) is 5.92 Å². The maximum absolute atomic E-state index is 10.8. The fourth-order valence-electron chi connectivity index (χ4n) is 0.475. The Bertz CT molecular complexity index is 163. The zero-order valence-corrected chi connectivity index (χ0v) is 7.47. The van der Waals surface area contributed by atoms with Crippen molar-refractivity contribution in [3.63, 3.8) is 0 Å². The van der Waals surface area contributed by atoms with E-state index in [0.29, 0.717) is 5.92 Å². The van der Waals surface area contributed by atoms with Crippen molar-refractivity contribution in [3.05, 3.63) is 0 Å². The van der Waals surface area contributed by atoms with Gasteiger partial charge in [-0.05, 0) is 12.8 Å². The zero-order valence-electron chi connectivity index (χ0n) is 7.47. The van der Waals surface area contributed by atoms with Crippen LogP contribution in [0.3, 0.4) is 0 Å². The molecule has 0 aliphatic carbocycles. The van der Waals surface area contributed by atoms with E-state index in [9.17, 15) is 9.59 Å². The first-order chi connectivity index (χ1) is 4.95. The molecule has 3 nitrogen and oxygen atoms in total. The molecule has 0 saturated heterocycles. The van der Waals surface area contributed by atoms with Gasteiger partial charge in [0.2, 0.25) is 5.78 Å². The Labute approximate surface area is 67.2 Å². The standard InChI is InChI=1S/C8H15NO2/c1-5(2)6(3)9-8(11)7(4)10/h5-6H,1-4H3,(H,9,11). The highest BCUT2D eigenvalue weighted by Gasteiger charge is 2.13. The van der Waals surface area contributed by atoms with Gasteiger partial charge in [-0.15, -0.1) is 0 Å². The summed E-state index contributed by atoms with van der Waals surface area (Å²) in [7, 11) is 0. The second kappa shape index (κ2) is 4.11. The van der Waals surface area contributed by atoms with Gasteiger partial charge in [0.25, 0.3) is 5.91 Å². The highest BCUT2D eigenvalue weighted by molar-refractivity contribution is 6.35. The summed E-state index contributed by atoms with van der Waals surface area (Å²) in [6.45, 7) is 7.13. The van der Waals surface area contributed by atoms with Crippen molar-refractivity contribution in [2.45, 2.75) is 33.7 Å². The molecule has 64 valence electrons. The molecule has 3 heteroatoms. The summed E-state index contributed by atoms with van der Waals surface area (Å²) < 4.78 is 0. The van der Waals surface area contributed by atoms with E-state index in [1.807, 2.05) is 20.8 Å². The van der Waals surface area contributed by atoms with Crippen LogP contribution in [0.5, 0.6) is 0 Å². The van der Waals surface area contributed by atoms with Crippen LogP contribution in [0, 0.1) is 5.92 Å². The first-order valence-corrected chi connectivity index (χ1v) is 3.76. The van der Waals surface area contributed by atoms with E-state index < -0.39 is 11.7 Å². The molecule has 11 heavy (non-hydrogen) atoms. The third-order valence-electron chi connectivity index (χ3n) is 1.68. The summed E-state index contributed by atoms with van der Waals surface area (Å²) in [5, 5.41) is 2.59. The second-order valence-electron chi connectivity index (χ2n) is 3.06. The van der Waals surface area contributed by atoms with Crippen molar-refractivity contribution in [1.29, 1.82) is 0 Å².